The molecule has 8 nitrogen and oxygen atoms in total. The van der Waals surface area contributed by atoms with Crippen LogP contribution in [0.15, 0.2) is 70.5 Å². The maximum atomic E-state index is 13.2. The monoisotopic (exact) mass is 463 g/mol. The summed E-state index contributed by atoms with van der Waals surface area (Å²) in [5.41, 5.74) is 1.34. The maximum Gasteiger partial charge on any atom is 0.333 e. The highest BCUT2D eigenvalue weighted by Crippen LogP contribution is 2.17. The number of nitrogens with zero attached hydrogens (tertiary/aromatic N) is 4. The molecule has 0 radical (unpaired) electrons. The van der Waals surface area contributed by atoms with Crippen LogP contribution >= 0.6 is 11.6 Å². The van der Waals surface area contributed by atoms with Gasteiger partial charge in [-0.1, -0.05) is 49.7 Å². The van der Waals surface area contributed by atoms with Gasteiger partial charge in [-0.25, -0.2) is 14.8 Å². The van der Waals surface area contributed by atoms with Crippen molar-refractivity contribution in [2.24, 2.45) is 0 Å². The number of aromatic nitrogens is 4. The van der Waals surface area contributed by atoms with Crippen molar-refractivity contribution in [1.82, 2.24) is 19.1 Å². The molecule has 0 fully saturated rings. The zero-order chi connectivity index (χ0) is 23.5. The summed E-state index contributed by atoms with van der Waals surface area (Å²) in [5.74, 6) is -0.0435. The van der Waals surface area contributed by atoms with Crippen molar-refractivity contribution in [2.45, 2.75) is 32.9 Å². The summed E-state index contributed by atoms with van der Waals surface area (Å²) in [6.07, 6.45) is 2.76. The van der Waals surface area contributed by atoms with Gasteiger partial charge in [-0.15, -0.1) is 0 Å². The number of carbonyl (C=O) groups excluding carboxylic acids is 1. The van der Waals surface area contributed by atoms with E-state index in [1.54, 1.807) is 24.3 Å². The van der Waals surface area contributed by atoms with Crippen molar-refractivity contribution < 1.29 is 4.79 Å². The molecule has 0 saturated carbocycles. The molecule has 33 heavy (non-hydrogen) atoms. The SMILES string of the molecule is CC(C)c1ccc(NC(=O)Cn2c(=O)n(Cc3ccc(Cl)cc3)c(=O)c3nccnc32)cc1. The minimum absolute atomic E-state index is 0.0135. The fraction of sp³-hybridized carbons (Fsp3) is 0.208. The van der Waals surface area contributed by atoms with Gasteiger partial charge in [0.2, 0.25) is 5.91 Å². The molecule has 2 heterocycles. The Kier molecular flexibility index (Phi) is 6.37. The number of rotatable bonds is 6. The molecule has 1 N–H and O–H groups in total. The van der Waals surface area contributed by atoms with Crippen molar-refractivity contribution in [1.29, 1.82) is 0 Å². The van der Waals surface area contributed by atoms with Crippen LogP contribution in [0.25, 0.3) is 11.2 Å². The number of nitrogens with one attached hydrogen (secondary N) is 1. The minimum atomic E-state index is -0.645. The molecule has 4 aromatic rings. The van der Waals surface area contributed by atoms with Crippen molar-refractivity contribution in [2.75, 3.05) is 5.32 Å². The molecule has 0 atom stereocenters. The van der Waals surface area contributed by atoms with E-state index in [0.717, 1.165) is 14.7 Å². The van der Waals surface area contributed by atoms with E-state index in [9.17, 15) is 14.4 Å². The smallest absolute Gasteiger partial charge is 0.325 e. The van der Waals surface area contributed by atoms with Gasteiger partial charge in [-0.05, 0) is 41.3 Å². The van der Waals surface area contributed by atoms with Gasteiger partial charge in [0.1, 0.15) is 6.54 Å². The summed E-state index contributed by atoms with van der Waals surface area (Å²) in [6.45, 7) is 3.87. The summed E-state index contributed by atoms with van der Waals surface area (Å²) in [5, 5.41) is 3.34. The highest BCUT2D eigenvalue weighted by molar-refractivity contribution is 6.30. The maximum absolute atomic E-state index is 13.2. The quantitative estimate of drug-likeness (QED) is 0.472. The Morgan fingerprint density at radius 1 is 0.970 bits per heavy atom. The molecule has 0 aliphatic carbocycles. The Bertz CT molecular complexity index is 1420. The molecule has 0 saturated heterocycles. The van der Waals surface area contributed by atoms with Gasteiger partial charge in [-0.3, -0.25) is 18.7 Å². The van der Waals surface area contributed by atoms with Crippen molar-refractivity contribution in [3.05, 3.63) is 97.9 Å². The van der Waals surface area contributed by atoms with Crippen LogP contribution in [0.3, 0.4) is 0 Å². The zero-order valence-corrected chi connectivity index (χ0v) is 18.9. The van der Waals surface area contributed by atoms with Gasteiger partial charge in [0, 0.05) is 23.1 Å². The van der Waals surface area contributed by atoms with Crippen LogP contribution in [-0.2, 0) is 17.9 Å². The molecule has 0 aliphatic heterocycles. The lowest BCUT2D eigenvalue weighted by molar-refractivity contribution is -0.116. The van der Waals surface area contributed by atoms with Gasteiger partial charge >= 0.3 is 5.69 Å². The number of fused-ring (bicyclic) bond motifs is 1. The minimum Gasteiger partial charge on any atom is -0.325 e. The van der Waals surface area contributed by atoms with E-state index in [4.69, 9.17) is 11.6 Å². The van der Waals surface area contributed by atoms with E-state index < -0.39 is 17.2 Å². The van der Waals surface area contributed by atoms with Crippen LogP contribution in [-0.4, -0.2) is 25.0 Å². The van der Waals surface area contributed by atoms with Crippen LogP contribution in [0, 0.1) is 0 Å². The first-order valence-corrected chi connectivity index (χ1v) is 10.8. The third kappa shape index (κ3) is 4.85. The topological polar surface area (TPSA) is 98.9 Å². The van der Waals surface area contributed by atoms with Crippen LogP contribution in [0.4, 0.5) is 5.69 Å². The first-order valence-electron chi connectivity index (χ1n) is 10.4. The van der Waals surface area contributed by atoms with Crippen LogP contribution in [0.1, 0.15) is 30.9 Å². The second-order valence-corrected chi connectivity index (χ2v) is 8.38. The lowest BCUT2D eigenvalue weighted by Gasteiger charge is -2.13. The fourth-order valence-electron chi connectivity index (χ4n) is 3.48. The van der Waals surface area contributed by atoms with Crippen molar-refractivity contribution >= 4 is 34.4 Å². The Morgan fingerprint density at radius 2 is 1.64 bits per heavy atom. The van der Waals surface area contributed by atoms with Crippen molar-refractivity contribution in [3.63, 3.8) is 0 Å². The Hall–Kier alpha value is -3.78. The van der Waals surface area contributed by atoms with Gasteiger partial charge in [0.15, 0.2) is 11.2 Å². The molecule has 0 unspecified atom stereocenters. The van der Waals surface area contributed by atoms with Gasteiger partial charge < -0.3 is 5.32 Å². The number of anilines is 1. The first-order chi connectivity index (χ1) is 15.8. The number of amides is 1. The highest BCUT2D eigenvalue weighted by atomic mass is 35.5. The number of benzene rings is 2. The molecule has 168 valence electrons. The highest BCUT2D eigenvalue weighted by Gasteiger charge is 2.17. The molecule has 9 heteroatoms. The normalized spacial score (nSPS) is 11.2. The van der Waals surface area contributed by atoms with Gasteiger partial charge in [0.05, 0.1) is 6.54 Å². The first kappa shape index (κ1) is 22.4. The average Bonchev–Trinajstić information content (AvgIpc) is 2.81. The molecule has 4 rings (SSSR count). The second-order valence-electron chi connectivity index (χ2n) is 7.94. The molecule has 0 bridgehead atoms. The van der Waals surface area contributed by atoms with Crippen molar-refractivity contribution in [3.8, 4) is 0 Å². The third-order valence-corrected chi connectivity index (χ3v) is 5.51. The summed E-state index contributed by atoms with van der Waals surface area (Å²) in [4.78, 5) is 47.2. The number of halogens is 1. The predicted octanol–water partition coefficient (Wildman–Crippen LogP) is 3.42. The second kappa shape index (κ2) is 9.38. The zero-order valence-electron chi connectivity index (χ0n) is 18.2. The number of carbonyl (C=O) groups is 1. The molecular weight excluding hydrogens is 442 g/mol. The van der Waals surface area contributed by atoms with Crippen LogP contribution in [0.2, 0.25) is 5.02 Å². The molecule has 2 aromatic heterocycles. The predicted molar refractivity (Wildman–Crippen MR) is 128 cm³/mol. The molecule has 0 spiro atoms. The number of hydrogen-bond donors (Lipinski definition) is 1. The Morgan fingerprint density at radius 3 is 2.30 bits per heavy atom. The molecule has 0 aliphatic rings. The lowest BCUT2D eigenvalue weighted by Crippen LogP contribution is -2.42. The van der Waals surface area contributed by atoms with E-state index in [1.165, 1.54) is 12.4 Å². The van der Waals surface area contributed by atoms with E-state index in [1.807, 2.05) is 24.3 Å². The van der Waals surface area contributed by atoms with E-state index in [2.05, 4.69) is 29.1 Å². The molecule has 1 amide bonds. The van der Waals surface area contributed by atoms with E-state index in [-0.39, 0.29) is 24.3 Å². The Labute approximate surface area is 194 Å². The number of hydrogen-bond acceptors (Lipinski definition) is 5. The summed E-state index contributed by atoms with van der Waals surface area (Å²) >= 11 is 5.93. The largest absolute Gasteiger partial charge is 0.333 e. The summed E-state index contributed by atoms with van der Waals surface area (Å²) < 4.78 is 2.21. The molecule has 2 aromatic carbocycles. The van der Waals surface area contributed by atoms with Crippen LogP contribution in [0.5, 0.6) is 0 Å². The summed E-state index contributed by atoms with van der Waals surface area (Å²) in [7, 11) is 0. The van der Waals surface area contributed by atoms with Gasteiger partial charge in [-0.2, -0.15) is 0 Å². The lowest BCUT2D eigenvalue weighted by atomic mass is 10.0. The van der Waals surface area contributed by atoms with Gasteiger partial charge in [0.25, 0.3) is 5.56 Å². The fourth-order valence-corrected chi connectivity index (χ4v) is 3.61. The van der Waals surface area contributed by atoms with E-state index in [0.29, 0.717) is 22.2 Å². The third-order valence-electron chi connectivity index (χ3n) is 5.26. The Balaban J connectivity index is 1.69. The van der Waals surface area contributed by atoms with Crippen LogP contribution < -0.4 is 16.6 Å². The molecular formula is C24H22ClN5O3. The van der Waals surface area contributed by atoms with E-state index >= 15 is 0 Å². The average molecular weight is 464 g/mol. The standard InChI is InChI=1S/C24H22ClN5O3/c1-15(2)17-5-9-19(10-6-17)28-20(31)14-29-22-21(26-11-12-27-22)23(32)30(24(29)33)13-16-3-7-18(25)8-4-16/h3-12,15H,13-14H2,1-2H3,(H,28,31). The summed E-state index contributed by atoms with van der Waals surface area (Å²) in [6, 6.07) is 14.3.